The number of halogens is 1. The Labute approximate surface area is 139 Å². The molecule has 0 aromatic carbocycles. The van der Waals surface area contributed by atoms with E-state index in [1.165, 1.54) is 6.20 Å². The van der Waals surface area contributed by atoms with Gasteiger partial charge in [0.2, 0.25) is 0 Å². The lowest BCUT2D eigenvalue weighted by Gasteiger charge is -2.27. The largest absolute Gasteiger partial charge is 0.328 e. The number of amides is 1. The molecule has 0 aliphatic carbocycles. The number of nitrogens with zero attached hydrogens (tertiary/aromatic N) is 6. The van der Waals surface area contributed by atoms with E-state index < -0.39 is 0 Å². The highest BCUT2D eigenvalue weighted by molar-refractivity contribution is 6.33. The average Bonchev–Trinajstić information content (AvgIpc) is 2.96. The van der Waals surface area contributed by atoms with E-state index in [0.29, 0.717) is 25.5 Å². The highest BCUT2D eigenvalue weighted by Crippen LogP contribution is 2.20. The summed E-state index contributed by atoms with van der Waals surface area (Å²) in [5.41, 5.74) is 0.258. The fourth-order valence-corrected chi connectivity index (χ4v) is 2.78. The molecule has 0 saturated heterocycles. The van der Waals surface area contributed by atoms with Gasteiger partial charge < -0.3 is 9.47 Å². The van der Waals surface area contributed by atoms with Crippen molar-refractivity contribution in [1.29, 1.82) is 0 Å². The molecule has 3 rings (SSSR count). The van der Waals surface area contributed by atoms with Crippen LogP contribution in [-0.4, -0.2) is 42.1 Å². The molecule has 0 atom stereocenters. The minimum Gasteiger partial charge on any atom is -0.328 e. The second-order valence-corrected chi connectivity index (χ2v) is 6.25. The van der Waals surface area contributed by atoms with Crippen molar-refractivity contribution < 1.29 is 4.79 Å². The van der Waals surface area contributed by atoms with Crippen LogP contribution in [0.4, 0.5) is 0 Å². The highest BCUT2D eigenvalue weighted by atomic mass is 35.5. The van der Waals surface area contributed by atoms with Gasteiger partial charge in [-0.3, -0.25) is 4.79 Å². The third kappa shape index (κ3) is 2.93. The van der Waals surface area contributed by atoms with Gasteiger partial charge in [-0.25, -0.2) is 9.97 Å². The number of aromatic nitrogens is 5. The molecule has 0 bridgehead atoms. The first-order valence-electron chi connectivity index (χ1n) is 7.74. The Bertz CT molecular complexity index is 742. The number of hydrogen-bond acceptors (Lipinski definition) is 5. The van der Waals surface area contributed by atoms with Crippen LogP contribution >= 0.6 is 11.6 Å². The van der Waals surface area contributed by atoms with Gasteiger partial charge in [0.1, 0.15) is 11.6 Å². The van der Waals surface area contributed by atoms with Crippen molar-refractivity contribution in [2.75, 3.05) is 6.54 Å². The molecule has 23 heavy (non-hydrogen) atoms. The van der Waals surface area contributed by atoms with Crippen LogP contribution in [-0.2, 0) is 19.5 Å². The van der Waals surface area contributed by atoms with Gasteiger partial charge in [0.15, 0.2) is 11.5 Å². The zero-order valence-corrected chi connectivity index (χ0v) is 14.2. The molecule has 2 aromatic rings. The van der Waals surface area contributed by atoms with E-state index in [1.807, 2.05) is 20.8 Å². The summed E-state index contributed by atoms with van der Waals surface area (Å²) in [6.45, 7) is 7.71. The Morgan fingerprint density at radius 1 is 1.35 bits per heavy atom. The van der Waals surface area contributed by atoms with Gasteiger partial charge >= 0.3 is 0 Å². The molecule has 1 amide bonds. The molecule has 2 aromatic heterocycles. The molecule has 1 aliphatic rings. The van der Waals surface area contributed by atoms with E-state index in [0.717, 1.165) is 18.1 Å². The van der Waals surface area contributed by atoms with Crippen molar-refractivity contribution >= 4 is 17.5 Å². The maximum absolute atomic E-state index is 12.8. The lowest BCUT2D eigenvalue weighted by molar-refractivity contribution is 0.0700. The van der Waals surface area contributed by atoms with Crippen LogP contribution in [0.2, 0.25) is 5.02 Å². The normalized spacial score (nSPS) is 14.2. The fourth-order valence-electron chi connectivity index (χ4n) is 2.61. The van der Waals surface area contributed by atoms with Crippen LogP contribution in [0, 0.1) is 0 Å². The van der Waals surface area contributed by atoms with Crippen molar-refractivity contribution in [2.45, 2.75) is 46.2 Å². The summed E-state index contributed by atoms with van der Waals surface area (Å²) in [5, 5.41) is 8.61. The molecule has 0 radical (unpaired) electrons. The summed E-state index contributed by atoms with van der Waals surface area (Å²) < 4.78 is 2.07. The van der Waals surface area contributed by atoms with Crippen LogP contribution in [0.5, 0.6) is 0 Å². The molecule has 0 unspecified atom stereocenters. The zero-order chi connectivity index (χ0) is 16.6. The Morgan fingerprint density at radius 3 is 2.83 bits per heavy atom. The maximum Gasteiger partial charge on any atom is 0.274 e. The van der Waals surface area contributed by atoms with Crippen molar-refractivity contribution in [3.05, 3.63) is 34.4 Å². The second-order valence-electron chi connectivity index (χ2n) is 5.84. The van der Waals surface area contributed by atoms with E-state index in [4.69, 9.17) is 11.6 Å². The first kappa shape index (κ1) is 15.9. The van der Waals surface area contributed by atoms with E-state index >= 15 is 0 Å². The molecule has 0 fully saturated rings. The zero-order valence-electron chi connectivity index (χ0n) is 13.5. The standard InChI is InChI=1S/C15H19ClN6O/c1-4-11-19-20-12-8-21(5-6-22(11)12)15(23)13-10(16)7-17-14(18-13)9(2)3/h7,9H,4-6,8H2,1-3H3. The lowest BCUT2D eigenvalue weighted by atomic mass is 10.2. The third-order valence-corrected chi connectivity index (χ3v) is 4.19. The molecule has 0 N–H and O–H groups in total. The van der Waals surface area contributed by atoms with E-state index in [1.54, 1.807) is 4.90 Å². The van der Waals surface area contributed by atoms with E-state index in [9.17, 15) is 4.79 Å². The van der Waals surface area contributed by atoms with Crippen LogP contribution in [0.1, 0.15) is 54.7 Å². The third-order valence-electron chi connectivity index (χ3n) is 3.91. The van der Waals surface area contributed by atoms with Crippen LogP contribution in [0.3, 0.4) is 0 Å². The van der Waals surface area contributed by atoms with Crippen molar-refractivity contribution in [3.63, 3.8) is 0 Å². The van der Waals surface area contributed by atoms with Gasteiger partial charge in [-0.05, 0) is 0 Å². The number of fused-ring (bicyclic) bond motifs is 1. The summed E-state index contributed by atoms with van der Waals surface area (Å²) in [5.74, 6) is 2.32. The van der Waals surface area contributed by atoms with Gasteiger partial charge in [-0.1, -0.05) is 32.4 Å². The molecule has 3 heterocycles. The second kappa shape index (κ2) is 6.23. The quantitative estimate of drug-likeness (QED) is 0.858. The van der Waals surface area contributed by atoms with Gasteiger partial charge in [-0.15, -0.1) is 10.2 Å². The minimum absolute atomic E-state index is 0.135. The maximum atomic E-state index is 12.8. The summed E-state index contributed by atoms with van der Waals surface area (Å²) in [6, 6.07) is 0. The Kier molecular flexibility index (Phi) is 4.30. The highest BCUT2D eigenvalue weighted by Gasteiger charge is 2.27. The number of hydrogen-bond donors (Lipinski definition) is 0. The molecule has 7 nitrogen and oxygen atoms in total. The number of aryl methyl sites for hydroxylation is 1. The molecule has 1 aliphatic heterocycles. The first-order valence-corrected chi connectivity index (χ1v) is 8.11. The van der Waals surface area contributed by atoms with Crippen LogP contribution in [0.25, 0.3) is 0 Å². The van der Waals surface area contributed by atoms with E-state index in [2.05, 4.69) is 24.7 Å². The lowest BCUT2D eigenvalue weighted by Crippen LogP contribution is -2.39. The van der Waals surface area contributed by atoms with Gasteiger partial charge in [-0.2, -0.15) is 0 Å². The Balaban J connectivity index is 1.86. The molecule has 122 valence electrons. The molecule has 0 saturated carbocycles. The summed E-state index contributed by atoms with van der Waals surface area (Å²) in [7, 11) is 0. The Morgan fingerprint density at radius 2 is 2.13 bits per heavy atom. The molecule has 0 spiro atoms. The van der Waals surface area contributed by atoms with Gasteiger partial charge in [0, 0.05) is 25.4 Å². The van der Waals surface area contributed by atoms with Gasteiger partial charge in [0.25, 0.3) is 5.91 Å². The smallest absolute Gasteiger partial charge is 0.274 e. The van der Waals surface area contributed by atoms with Crippen molar-refractivity contribution in [1.82, 2.24) is 29.6 Å². The first-order chi connectivity index (χ1) is 11.0. The Hall–Kier alpha value is -2.02. The molecular formula is C15H19ClN6O. The molecule has 8 heteroatoms. The summed E-state index contributed by atoms with van der Waals surface area (Å²) >= 11 is 6.14. The van der Waals surface area contributed by atoms with E-state index in [-0.39, 0.29) is 22.5 Å². The average molecular weight is 335 g/mol. The van der Waals surface area contributed by atoms with Crippen LogP contribution < -0.4 is 0 Å². The topological polar surface area (TPSA) is 76.8 Å². The predicted molar refractivity (Wildman–Crippen MR) is 85.3 cm³/mol. The summed E-state index contributed by atoms with van der Waals surface area (Å²) in [4.78, 5) is 23.0. The molecular weight excluding hydrogens is 316 g/mol. The predicted octanol–water partition coefficient (Wildman–Crippen LogP) is 2.06. The number of carbonyl (C=O) groups is 1. The number of rotatable bonds is 3. The van der Waals surface area contributed by atoms with Crippen LogP contribution in [0.15, 0.2) is 6.20 Å². The van der Waals surface area contributed by atoms with Crippen molar-refractivity contribution in [3.8, 4) is 0 Å². The van der Waals surface area contributed by atoms with Crippen molar-refractivity contribution in [2.24, 2.45) is 0 Å². The fraction of sp³-hybridized carbons (Fsp3) is 0.533. The van der Waals surface area contributed by atoms with Gasteiger partial charge in [0.05, 0.1) is 17.8 Å². The summed E-state index contributed by atoms with van der Waals surface area (Å²) in [6.07, 6.45) is 2.33. The monoisotopic (exact) mass is 334 g/mol. The minimum atomic E-state index is -0.188. The number of carbonyl (C=O) groups excluding carboxylic acids is 1. The SMILES string of the molecule is CCc1nnc2n1CCN(C(=O)c1nc(C(C)C)ncc1Cl)C2.